The molecule has 15 heavy (non-hydrogen) atoms. The summed E-state index contributed by atoms with van der Waals surface area (Å²) in [6.07, 6.45) is 6.29. The van der Waals surface area contributed by atoms with E-state index in [2.05, 4.69) is 11.9 Å². The minimum absolute atomic E-state index is 0.237. The van der Waals surface area contributed by atoms with E-state index < -0.39 is 0 Å². The fraction of sp³-hybridized carbons (Fsp3) is 0.750. The molecule has 0 heterocycles. The highest BCUT2D eigenvalue weighted by Crippen LogP contribution is 2.28. The zero-order chi connectivity index (χ0) is 10.7. The number of rotatable bonds is 3. The molecule has 0 aromatic rings. The van der Waals surface area contributed by atoms with Gasteiger partial charge >= 0.3 is 6.09 Å². The molecule has 0 bridgehead atoms. The third kappa shape index (κ3) is 3.57. The second kappa shape index (κ2) is 4.69. The van der Waals surface area contributed by atoms with Crippen LogP contribution in [0.4, 0.5) is 4.79 Å². The molecule has 3 heteroatoms. The first-order valence-corrected chi connectivity index (χ1v) is 5.84. The lowest BCUT2D eigenvalue weighted by molar-refractivity contribution is 0.135. The molecule has 1 N–H and O–H groups in total. The number of carbonyl (C=O) groups excluding carboxylic acids is 1. The van der Waals surface area contributed by atoms with Gasteiger partial charge in [0, 0.05) is 6.04 Å². The van der Waals surface area contributed by atoms with Crippen molar-refractivity contribution in [2.75, 3.05) is 6.61 Å². The van der Waals surface area contributed by atoms with Gasteiger partial charge in [-0.15, -0.1) is 0 Å². The fourth-order valence-electron chi connectivity index (χ4n) is 1.86. The normalized spacial score (nSPS) is 22.5. The summed E-state index contributed by atoms with van der Waals surface area (Å²) in [4.78, 5) is 11.4. The van der Waals surface area contributed by atoms with Crippen LogP contribution in [-0.2, 0) is 4.74 Å². The monoisotopic (exact) mass is 209 g/mol. The van der Waals surface area contributed by atoms with Gasteiger partial charge in [0.05, 0.1) is 6.61 Å². The van der Waals surface area contributed by atoms with E-state index >= 15 is 0 Å². The first-order valence-electron chi connectivity index (χ1n) is 5.84. The molecule has 2 aliphatic carbocycles. The third-order valence-corrected chi connectivity index (χ3v) is 3.16. The van der Waals surface area contributed by atoms with Crippen LogP contribution in [0.2, 0.25) is 0 Å². The zero-order valence-electron chi connectivity index (χ0n) is 9.13. The molecular weight excluding hydrogens is 190 g/mol. The van der Waals surface area contributed by atoms with Crippen molar-refractivity contribution < 1.29 is 9.53 Å². The standard InChI is InChI=1S/C12H19NO2/c1-9-2-6-11(7-3-9)13-12(14)15-8-10-4-5-10/h10-11H,1-8H2,(H,13,14). The Kier molecular flexibility index (Phi) is 3.29. The summed E-state index contributed by atoms with van der Waals surface area (Å²) < 4.78 is 5.12. The van der Waals surface area contributed by atoms with Gasteiger partial charge in [-0.25, -0.2) is 4.79 Å². The van der Waals surface area contributed by atoms with Gasteiger partial charge in [0.1, 0.15) is 0 Å². The van der Waals surface area contributed by atoms with E-state index in [-0.39, 0.29) is 6.09 Å². The highest BCUT2D eigenvalue weighted by Gasteiger charge is 2.24. The molecule has 0 spiro atoms. The quantitative estimate of drug-likeness (QED) is 0.726. The summed E-state index contributed by atoms with van der Waals surface area (Å²) in [7, 11) is 0. The van der Waals surface area contributed by atoms with Gasteiger partial charge in [0.25, 0.3) is 0 Å². The van der Waals surface area contributed by atoms with Crippen LogP contribution >= 0.6 is 0 Å². The van der Waals surface area contributed by atoms with Crippen molar-refractivity contribution in [2.45, 2.75) is 44.6 Å². The number of ether oxygens (including phenoxy) is 1. The van der Waals surface area contributed by atoms with Crippen LogP contribution in [0.15, 0.2) is 12.2 Å². The smallest absolute Gasteiger partial charge is 0.407 e. The summed E-state index contributed by atoms with van der Waals surface area (Å²) in [5.74, 6) is 0.641. The Morgan fingerprint density at radius 1 is 1.33 bits per heavy atom. The molecular formula is C12H19NO2. The molecule has 1 amide bonds. The minimum atomic E-state index is -0.237. The number of hydrogen-bond acceptors (Lipinski definition) is 2. The van der Waals surface area contributed by atoms with E-state index in [4.69, 9.17) is 4.74 Å². The molecule has 0 aliphatic heterocycles. The number of nitrogens with one attached hydrogen (secondary N) is 1. The van der Waals surface area contributed by atoms with E-state index in [9.17, 15) is 4.79 Å². The molecule has 0 saturated heterocycles. The molecule has 2 fully saturated rings. The molecule has 0 atom stereocenters. The number of carbonyl (C=O) groups is 1. The van der Waals surface area contributed by atoms with Gasteiger partial charge in [-0.05, 0) is 44.4 Å². The predicted molar refractivity (Wildman–Crippen MR) is 58.6 cm³/mol. The van der Waals surface area contributed by atoms with Gasteiger partial charge in [-0.2, -0.15) is 0 Å². The van der Waals surface area contributed by atoms with Gasteiger partial charge in [-0.3, -0.25) is 0 Å². The topological polar surface area (TPSA) is 38.3 Å². The van der Waals surface area contributed by atoms with Gasteiger partial charge in [0.2, 0.25) is 0 Å². The number of amides is 1. The molecule has 2 aliphatic rings. The fourth-order valence-corrected chi connectivity index (χ4v) is 1.86. The Morgan fingerprint density at radius 2 is 2.00 bits per heavy atom. The first-order chi connectivity index (χ1) is 7.24. The molecule has 0 unspecified atom stereocenters. The van der Waals surface area contributed by atoms with Crippen molar-refractivity contribution in [1.82, 2.24) is 5.32 Å². The molecule has 84 valence electrons. The Morgan fingerprint density at radius 3 is 2.60 bits per heavy atom. The summed E-state index contributed by atoms with van der Waals surface area (Å²) >= 11 is 0. The van der Waals surface area contributed by atoms with Gasteiger partial charge in [0.15, 0.2) is 0 Å². The molecule has 3 nitrogen and oxygen atoms in total. The van der Waals surface area contributed by atoms with E-state index in [1.165, 1.54) is 18.4 Å². The summed E-state index contributed by atoms with van der Waals surface area (Å²) in [6, 6.07) is 0.294. The molecule has 2 rings (SSSR count). The van der Waals surface area contributed by atoms with Gasteiger partial charge < -0.3 is 10.1 Å². The lowest BCUT2D eigenvalue weighted by Gasteiger charge is -2.23. The highest BCUT2D eigenvalue weighted by molar-refractivity contribution is 5.67. The molecule has 0 radical (unpaired) electrons. The van der Waals surface area contributed by atoms with Crippen molar-refractivity contribution >= 4 is 6.09 Å². The summed E-state index contributed by atoms with van der Waals surface area (Å²) in [6.45, 7) is 4.55. The van der Waals surface area contributed by atoms with Crippen LogP contribution < -0.4 is 5.32 Å². The van der Waals surface area contributed by atoms with Crippen LogP contribution in [0.1, 0.15) is 38.5 Å². The molecule has 2 saturated carbocycles. The van der Waals surface area contributed by atoms with Crippen molar-refractivity contribution in [3.63, 3.8) is 0 Å². The number of alkyl carbamates (subject to hydrolysis) is 1. The second-order valence-electron chi connectivity index (χ2n) is 4.71. The van der Waals surface area contributed by atoms with Crippen LogP contribution in [-0.4, -0.2) is 18.7 Å². The molecule has 0 aromatic heterocycles. The van der Waals surface area contributed by atoms with Crippen molar-refractivity contribution in [1.29, 1.82) is 0 Å². The molecule has 0 aromatic carbocycles. The van der Waals surface area contributed by atoms with E-state index in [0.717, 1.165) is 25.7 Å². The lowest BCUT2D eigenvalue weighted by Crippen LogP contribution is -2.37. The second-order valence-corrected chi connectivity index (χ2v) is 4.71. The summed E-state index contributed by atoms with van der Waals surface area (Å²) in [5.41, 5.74) is 1.30. The maximum absolute atomic E-state index is 11.4. The first kappa shape index (κ1) is 10.5. The Labute approximate surface area is 90.9 Å². The maximum atomic E-state index is 11.4. The average Bonchev–Trinajstić information content (AvgIpc) is 3.02. The Bertz CT molecular complexity index is 248. The van der Waals surface area contributed by atoms with Crippen molar-refractivity contribution in [3.8, 4) is 0 Å². The average molecular weight is 209 g/mol. The van der Waals surface area contributed by atoms with Crippen molar-refractivity contribution in [3.05, 3.63) is 12.2 Å². The van der Waals surface area contributed by atoms with Crippen molar-refractivity contribution in [2.24, 2.45) is 5.92 Å². The van der Waals surface area contributed by atoms with Crippen LogP contribution in [0.5, 0.6) is 0 Å². The predicted octanol–water partition coefficient (Wildman–Crippen LogP) is 2.62. The van der Waals surface area contributed by atoms with Crippen LogP contribution in [0.25, 0.3) is 0 Å². The Hall–Kier alpha value is -0.990. The SMILES string of the molecule is C=C1CCC(NC(=O)OCC2CC2)CC1. The zero-order valence-corrected chi connectivity index (χ0v) is 9.13. The van der Waals surface area contributed by atoms with Crippen LogP contribution in [0.3, 0.4) is 0 Å². The number of hydrogen-bond donors (Lipinski definition) is 1. The highest BCUT2D eigenvalue weighted by atomic mass is 16.5. The lowest BCUT2D eigenvalue weighted by atomic mass is 9.92. The largest absolute Gasteiger partial charge is 0.449 e. The minimum Gasteiger partial charge on any atom is -0.449 e. The Balaban J connectivity index is 1.62. The maximum Gasteiger partial charge on any atom is 0.407 e. The summed E-state index contributed by atoms with van der Waals surface area (Å²) in [5, 5.41) is 2.92. The third-order valence-electron chi connectivity index (χ3n) is 3.16. The van der Waals surface area contributed by atoms with Crippen LogP contribution in [0, 0.1) is 5.92 Å². The van der Waals surface area contributed by atoms with E-state index in [0.29, 0.717) is 18.6 Å². The number of allylic oxidation sites excluding steroid dienone is 1. The van der Waals surface area contributed by atoms with Gasteiger partial charge in [-0.1, -0.05) is 12.2 Å². The van der Waals surface area contributed by atoms with E-state index in [1.54, 1.807) is 0 Å². The van der Waals surface area contributed by atoms with E-state index in [1.807, 2.05) is 0 Å².